The van der Waals surface area contributed by atoms with Gasteiger partial charge in [0.1, 0.15) is 29.2 Å². The Morgan fingerprint density at radius 2 is 0.917 bits per heavy atom. The first kappa shape index (κ1) is 20.8. The number of hydrogen-bond donors (Lipinski definition) is 0. The van der Waals surface area contributed by atoms with Crippen LogP contribution in [0.5, 0.6) is 0 Å². The van der Waals surface area contributed by atoms with Crippen LogP contribution in [0.3, 0.4) is 0 Å². The average molecular weight is 545 g/mol. The van der Waals surface area contributed by atoms with Gasteiger partial charge in [0.15, 0.2) is 6.16 Å². The molecule has 0 aliphatic rings. The van der Waals surface area contributed by atoms with Crippen LogP contribution in [0.1, 0.15) is 0 Å². The van der Waals surface area contributed by atoms with Gasteiger partial charge in [0.2, 0.25) is 0 Å². The SMILES string of the molecule is N#CC[P+](c1ccccc1)(c1ccccc1)c1ccccc1.[Cl-].[Pb]. The number of hydrogen-bond acceptors (Lipinski definition) is 1. The summed E-state index contributed by atoms with van der Waals surface area (Å²) in [6.45, 7) is 0. The fourth-order valence-corrected chi connectivity index (χ4v) is 6.57. The van der Waals surface area contributed by atoms with Gasteiger partial charge in [-0.2, -0.15) is 5.26 Å². The minimum Gasteiger partial charge on any atom is -1.00 e. The molecule has 4 heteroatoms. The van der Waals surface area contributed by atoms with Crippen molar-refractivity contribution in [2.24, 2.45) is 0 Å². The molecule has 0 aromatic heterocycles. The second-order valence-electron chi connectivity index (χ2n) is 5.13. The Bertz CT molecular complexity index is 676. The van der Waals surface area contributed by atoms with Gasteiger partial charge in [-0.1, -0.05) is 54.6 Å². The van der Waals surface area contributed by atoms with Gasteiger partial charge >= 0.3 is 0 Å². The number of halogens is 1. The molecule has 0 aliphatic carbocycles. The number of rotatable bonds is 4. The third-order valence-electron chi connectivity index (χ3n) is 3.90. The van der Waals surface area contributed by atoms with E-state index in [0.717, 1.165) is 0 Å². The standard InChI is InChI=1S/C20H17NP.ClH.Pb/c21-16-17-22(18-10-4-1-5-11-18,19-12-6-2-7-13-19)20-14-8-3-9-15-20;;/h1-15H,17H2;1H;/q+1;;/p-1. The van der Waals surface area contributed by atoms with E-state index in [0.29, 0.717) is 6.16 Å². The predicted octanol–water partition coefficient (Wildman–Crippen LogP) is 0.127. The first-order valence-electron chi connectivity index (χ1n) is 7.30. The summed E-state index contributed by atoms with van der Waals surface area (Å²) in [6.07, 6.45) is 0.519. The molecular weight excluding hydrogens is 528 g/mol. The zero-order valence-corrected chi connectivity index (χ0v) is 18.7. The van der Waals surface area contributed by atoms with E-state index < -0.39 is 7.26 Å². The molecule has 0 aliphatic heterocycles. The molecule has 0 heterocycles. The van der Waals surface area contributed by atoms with Crippen LogP contribution in [-0.4, -0.2) is 33.5 Å². The van der Waals surface area contributed by atoms with Crippen LogP contribution in [-0.2, 0) is 0 Å². The van der Waals surface area contributed by atoms with E-state index in [4.69, 9.17) is 0 Å². The minimum absolute atomic E-state index is 0. The van der Waals surface area contributed by atoms with Gasteiger partial charge in [-0.15, -0.1) is 0 Å². The van der Waals surface area contributed by atoms with Crippen molar-refractivity contribution in [1.82, 2.24) is 0 Å². The molecule has 3 aromatic carbocycles. The molecule has 0 bridgehead atoms. The largest absolute Gasteiger partial charge is 1.00 e. The van der Waals surface area contributed by atoms with E-state index in [1.807, 2.05) is 18.2 Å². The molecule has 0 amide bonds. The summed E-state index contributed by atoms with van der Waals surface area (Å²) in [4.78, 5) is 0. The summed E-state index contributed by atoms with van der Waals surface area (Å²) in [5, 5.41) is 13.3. The Morgan fingerprint density at radius 3 is 1.17 bits per heavy atom. The summed E-state index contributed by atoms with van der Waals surface area (Å²) >= 11 is 0. The Labute approximate surface area is 170 Å². The van der Waals surface area contributed by atoms with Crippen LogP contribution in [0.15, 0.2) is 91.0 Å². The monoisotopic (exact) mass is 545 g/mol. The summed E-state index contributed by atoms with van der Waals surface area (Å²) < 4.78 is 0. The molecule has 0 saturated heterocycles. The van der Waals surface area contributed by atoms with Crippen LogP contribution in [0.4, 0.5) is 0 Å². The third kappa shape index (κ3) is 4.06. The van der Waals surface area contributed by atoms with E-state index in [1.165, 1.54) is 15.9 Å². The van der Waals surface area contributed by atoms with Gasteiger partial charge in [-0.05, 0) is 36.4 Å². The van der Waals surface area contributed by atoms with Crippen LogP contribution < -0.4 is 28.3 Å². The van der Waals surface area contributed by atoms with Crippen LogP contribution in [0, 0.1) is 11.3 Å². The number of nitrogens with zero attached hydrogens (tertiary/aromatic N) is 1. The molecular formula is C20H17ClNPPb. The predicted molar refractivity (Wildman–Crippen MR) is 101 cm³/mol. The number of nitriles is 1. The van der Waals surface area contributed by atoms with Crippen molar-refractivity contribution in [3.8, 4) is 6.07 Å². The van der Waals surface area contributed by atoms with Gasteiger partial charge < -0.3 is 12.4 Å². The molecule has 0 N–H and O–H groups in total. The third-order valence-corrected chi connectivity index (χ3v) is 8.05. The second-order valence-corrected chi connectivity index (χ2v) is 8.62. The Kier molecular flexibility index (Phi) is 8.63. The van der Waals surface area contributed by atoms with Crippen molar-refractivity contribution in [2.75, 3.05) is 6.16 Å². The van der Waals surface area contributed by atoms with Gasteiger partial charge in [-0.3, -0.25) is 0 Å². The van der Waals surface area contributed by atoms with Crippen molar-refractivity contribution in [1.29, 1.82) is 5.26 Å². The smallest absolute Gasteiger partial charge is 0.159 e. The Hall–Kier alpha value is -1.21. The number of benzene rings is 3. The van der Waals surface area contributed by atoms with Gasteiger partial charge in [-0.25, -0.2) is 0 Å². The van der Waals surface area contributed by atoms with Crippen molar-refractivity contribution in [3.05, 3.63) is 91.0 Å². The normalized spacial score (nSPS) is 9.96. The second kappa shape index (κ2) is 9.94. The van der Waals surface area contributed by atoms with Crippen LogP contribution in [0.25, 0.3) is 0 Å². The maximum atomic E-state index is 9.56. The Balaban J connectivity index is 0.00000144. The van der Waals surface area contributed by atoms with Gasteiger partial charge in [0, 0.05) is 27.3 Å². The maximum absolute atomic E-state index is 9.56. The zero-order chi connectivity index (χ0) is 15.3. The van der Waals surface area contributed by atoms with Crippen molar-refractivity contribution >= 4 is 50.5 Å². The molecule has 0 saturated carbocycles. The molecule has 0 fully saturated rings. The van der Waals surface area contributed by atoms with E-state index >= 15 is 0 Å². The topological polar surface area (TPSA) is 23.8 Å². The molecule has 0 atom stereocenters. The van der Waals surface area contributed by atoms with Crippen LogP contribution in [0.2, 0.25) is 0 Å². The first-order chi connectivity index (χ1) is 10.9. The minimum atomic E-state index is -1.91. The molecule has 118 valence electrons. The zero-order valence-electron chi connectivity index (χ0n) is 13.1. The molecule has 24 heavy (non-hydrogen) atoms. The summed E-state index contributed by atoms with van der Waals surface area (Å²) in [7, 11) is -1.91. The Morgan fingerprint density at radius 1 is 0.625 bits per heavy atom. The molecule has 3 rings (SSSR count). The van der Waals surface area contributed by atoms with Crippen molar-refractivity contribution in [2.45, 2.75) is 0 Å². The molecule has 1 nitrogen and oxygen atoms in total. The van der Waals surface area contributed by atoms with Crippen molar-refractivity contribution < 1.29 is 12.4 Å². The molecule has 3 aromatic rings. The molecule has 4 radical (unpaired) electrons. The van der Waals surface area contributed by atoms with Gasteiger partial charge in [0.25, 0.3) is 0 Å². The summed E-state index contributed by atoms with van der Waals surface area (Å²) in [5.74, 6) is 0. The summed E-state index contributed by atoms with van der Waals surface area (Å²) in [6, 6.07) is 33.9. The molecule has 0 spiro atoms. The van der Waals surface area contributed by atoms with E-state index in [2.05, 4.69) is 78.9 Å². The fourth-order valence-electron chi connectivity index (χ4n) is 2.87. The quantitative estimate of drug-likeness (QED) is 0.338. The van der Waals surface area contributed by atoms with E-state index in [-0.39, 0.29) is 39.7 Å². The summed E-state index contributed by atoms with van der Waals surface area (Å²) in [5.41, 5.74) is 0. The van der Waals surface area contributed by atoms with Crippen LogP contribution >= 0.6 is 7.26 Å². The first-order valence-corrected chi connectivity index (χ1v) is 9.27. The maximum Gasteiger partial charge on any atom is 0.159 e. The average Bonchev–Trinajstić information content (AvgIpc) is 2.62. The van der Waals surface area contributed by atoms with Gasteiger partial charge in [0.05, 0.1) is 0 Å². The van der Waals surface area contributed by atoms with Crippen molar-refractivity contribution in [3.63, 3.8) is 0 Å². The van der Waals surface area contributed by atoms with E-state index in [9.17, 15) is 5.26 Å². The molecule has 0 unspecified atom stereocenters. The van der Waals surface area contributed by atoms with E-state index in [1.54, 1.807) is 0 Å². The fraction of sp³-hybridized carbons (Fsp3) is 0.0500.